The molecule has 3 heteroatoms. The fourth-order valence-electron chi connectivity index (χ4n) is 0.834. The van der Waals surface area contributed by atoms with Crippen LogP contribution in [0.1, 0.15) is 12.8 Å². The minimum Gasteiger partial charge on any atom is -0.260 e. The summed E-state index contributed by atoms with van der Waals surface area (Å²) in [7, 11) is -0.602. The lowest BCUT2D eigenvalue weighted by atomic mass is 10.3. The van der Waals surface area contributed by atoms with E-state index >= 15 is 0 Å². The zero-order valence-electron chi connectivity index (χ0n) is 4.60. The van der Waals surface area contributed by atoms with Gasteiger partial charge < -0.3 is 0 Å². The van der Waals surface area contributed by atoms with Gasteiger partial charge in [-0.25, -0.2) is 0 Å². The summed E-state index contributed by atoms with van der Waals surface area (Å²) in [5.41, 5.74) is 0. The Morgan fingerprint density at radius 1 is 1.62 bits per heavy atom. The van der Waals surface area contributed by atoms with Gasteiger partial charge in [0.2, 0.25) is 0 Å². The fraction of sp³-hybridized carbons (Fsp3) is 1.00. The SMILES string of the molecule is O=S1CCC[C@H](Cl)C1. The van der Waals surface area contributed by atoms with E-state index in [-0.39, 0.29) is 5.38 Å². The highest BCUT2D eigenvalue weighted by Gasteiger charge is 2.14. The largest absolute Gasteiger partial charge is 0.260 e. The van der Waals surface area contributed by atoms with E-state index in [0.717, 1.165) is 18.6 Å². The lowest BCUT2D eigenvalue weighted by Gasteiger charge is -2.13. The lowest BCUT2D eigenvalue weighted by Crippen LogP contribution is -2.19. The highest BCUT2D eigenvalue weighted by atomic mass is 35.5. The van der Waals surface area contributed by atoms with Crippen molar-refractivity contribution < 1.29 is 4.21 Å². The number of hydrogen-bond donors (Lipinski definition) is 0. The maximum Gasteiger partial charge on any atom is 0.0451 e. The Morgan fingerprint density at radius 2 is 2.38 bits per heavy atom. The number of rotatable bonds is 0. The second-order valence-electron chi connectivity index (χ2n) is 2.05. The van der Waals surface area contributed by atoms with Crippen molar-refractivity contribution in [3.05, 3.63) is 0 Å². The van der Waals surface area contributed by atoms with Crippen LogP contribution in [0.2, 0.25) is 0 Å². The second kappa shape index (κ2) is 2.83. The highest BCUT2D eigenvalue weighted by molar-refractivity contribution is 7.85. The van der Waals surface area contributed by atoms with Gasteiger partial charge in [-0.3, -0.25) is 4.21 Å². The van der Waals surface area contributed by atoms with Crippen LogP contribution in [0, 0.1) is 0 Å². The van der Waals surface area contributed by atoms with Crippen molar-refractivity contribution >= 4 is 22.4 Å². The Labute approximate surface area is 56.9 Å². The van der Waals surface area contributed by atoms with Crippen LogP contribution in [0.4, 0.5) is 0 Å². The minimum absolute atomic E-state index is 0.185. The molecule has 0 aromatic rings. The van der Waals surface area contributed by atoms with E-state index in [1.807, 2.05) is 0 Å². The lowest BCUT2D eigenvalue weighted by molar-refractivity contribution is 0.660. The predicted molar refractivity (Wildman–Crippen MR) is 36.8 cm³/mol. The summed E-state index contributed by atoms with van der Waals surface area (Å²) in [6.07, 6.45) is 2.09. The number of alkyl halides is 1. The van der Waals surface area contributed by atoms with E-state index in [1.165, 1.54) is 0 Å². The van der Waals surface area contributed by atoms with E-state index in [1.54, 1.807) is 0 Å². The van der Waals surface area contributed by atoms with Gasteiger partial charge in [0.05, 0.1) is 0 Å². The highest BCUT2D eigenvalue weighted by Crippen LogP contribution is 2.13. The van der Waals surface area contributed by atoms with Gasteiger partial charge in [0.25, 0.3) is 0 Å². The van der Waals surface area contributed by atoms with Gasteiger partial charge >= 0.3 is 0 Å². The van der Waals surface area contributed by atoms with Crippen LogP contribution in [0.3, 0.4) is 0 Å². The first-order chi connectivity index (χ1) is 3.79. The quantitative estimate of drug-likeness (QED) is 0.476. The van der Waals surface area contributed by atoms with Gasteiger partial charge in [-0.05, 0) is 12.8 Å². The van der Waals surface area contributed by atoms with Crippen molar-refractivity contribution in [2.75, 3.05) is 11.5 Å². The third kappa shape index (κ3) is 1.75. The van der Waals surface area contributed by atoms with Crippen molar-refractivity contribution in [2.45, 2.75) is 18.2 Å². The predicted octanol–water partition coefficient (Wildman–Crippen LogP) is 1.14. The average molecular weight is 153 g/mol. The molecule has 0 bridgehead atoms. The van der Waals surface area contributed by atoms with Crippen LogP contribution in [0.25, 0.3) is 0 Å². The smallest absolute Gasteiger partial charge is 0.0451 e. The molecule has 1 aliphatic rings. The third-order valence-corrected chi connectivity index (χ3v) is 3.33. The average Bonchev–Trinajstić information content (AvgIpc) is 1.64. The van der Waals surface area contributed by atoms with Crippen LogP contribution in [-0.2, 0) is 10.8 Å². The number of hydrogen-bond acceptors (Lipinski definition) is 1. The summed E-state index contributed by atoms with van der Waals surface area (Å²) in [5.74, 6) is 1.57. The first kappa shape index (κ1) is 6.56. The molecule has 1 aliphatic heterocycles. The summed E-state index contributed by atoms with van der Waals surface area (Å²) in [6.45, 7) is 0. The molecule has 0 aromatic carbocycles. The first-order valence-corrected chi connectivity index (χ1v) is 4.70. The molecule has 1 nitrogen and oxygen atoms in total. The monoisotopic (exact) mass is 152 g/mol. The molecule has 1 heterocycles. The van der Waals surface area contributed by atoms with Crippen molar-refractivity contribution in [2.24, 2.45) is 0 Å². The molecule has 0 aromatic heterocycles. The minimum atomic E-state index is -0.602. The maximum atomic E-state index is 10.7. The maximum absolute atomic E-state index is 10.7. The van der Waals surface area contributed by atoms with Crippen LogP contribution in [0.5, 0.6) is 0 Å². The van der Waals surface area contributed by atoms with E-state index in [9.17, 15) is 4.21 Å². The molecule has 1 unspecified atom stereocenters. The first-order valence-electron chi connectivity index (χ1n) is 2.78. The normalized spacial score (nSPS) is 39.6. The van der Waals surface area contributed by atoms with Crippen LogP contribution < -0.4 is 0 Å². The molecule has 0 spiro atoms. The van der Waals surface area contributed by atoms with Gasteiger partial charge in [0.15, 0.2) is 0 Å². The Balaban J connectivity index is 2.34. The molecular weight excluding hydrogens is 144 g/mol. The molecule has 0 saturated carbocycles. The third-order valence-electron chi connectivity index (χ3n) is 1.26. The van der Waals surface area contributed by atoms with Crippen LogP contribution in [0.15, 0.2) is 0 Å². The molecule has 48 valence electrons. The summed E-state index contributed by atoms with van der Waals surface area (Å²) in [4.78, 5) is 0. The van der Waals surface area contributed by atoms with E-state index in [2.05, 4.69) is 0 Å². The second-order valence-corrected chi connectivity index (χ2v) is 4.29. The van der Waals surface area contributed by atoms with E-state index in [0.29, 0.717) is 5.75 Å². The topological polar surface area (TPSA) is 17.1 Å². The summed E-state index contributed by atoms with van der Waals surface area (Å²) >= 11 is 5.72. The summed E-state index contributed by atoms with van der Waals surface area (Å²) in [5, 5.41) is 0.185. The molecule has 8 heavy (non-hydrogen) atoms. The van der Waals surface area contributed by atoms with E-state index < -0.39 is 10.8 Å². The molecule has 1 fully saturated rings. The van der Waals surface area contributed by atoms with Crippen molar-refractivity contribution in [3.8, 4) is 0 Å². The summed E-state index contributed by atoms with van der Waals surface area (Å²) in [6, 6.07) is 0. The Morgan fingerprint density at radius 3 is 2.75 bits per heavy atom. The number of halogens is 1. The zero-order chi connectivity index (χ0) is 5.98. The van der Waals surface area contributed by atoms with Crippen molar-refractivity contribution in [1.29, 1.82) is 0 Å². The molecule has 2 atom stereocenters. The van der Waals surface area contributed by atoms with Crippen molar-refractivity contribution in [1.82, 2.24) is 0 Å². The van der Waals surface area contributed by atoms with Crippen molar-refractivity contribution in [3.63, 3.8) is 0 Å². The van der Waals surface area contributed by atoms with Crippen LogP contribution >= 0.6 is 11.6 Å². The van der Waals surface area contributed by atoms with E-state index in [4.69, 9.17) is 11.6 Å². The molecule has 0 radical (unpaired) electrons. The molecular formula is C5H9ClOS. The van der Waals surface area contributed by atoms with Gasteiger partial charge in [-0.1, -0.05) is 0 Å². The summed E-state index contributed by atoms with van der Waals surface area (Å²) < 4.78 is 10.7. The standard InChI is InChI=1S/C5H9ClOS/c6-5-2-1-3-8(7)4-5/h5H,1-4H2/t5-,8?/m0/s1. The van der Waals surface area contributed by atoms with Gasteiger partial charge in [-0.15, -0.1) is 11.6 Å². The fourth-order valence-corrected chi connectivity index (χ4v) is 2.64. The zero-order valence-corrected chi connectivity index (χ0v) is 6.17. The van der Waals surface area contributed by atoms with Gasteiger partial charge in [-0.2, -0.15) is 0 Å². The Kier molecular flexibility index (Phi) is 2.32. The molecule has 1 saturated heterocycles. The molecule has 0 N–H and O–H groups in total. The Bertz CT molecular complexity index is 105. The molecule has 0 amide bonds. The van der Waals surface area contributed by atoms with Gasteiger partial charge in [0.1, 0.15) is 0 Å². The van der Waals surface area contributed by atoms with Gasteiger partial charge in [0, 0.05) is 27.7 Å². The molecule has 0 aliphatic carbocycles. The molecule has 1 rings (SSSR count). The Hall–Kier alpha value is 0.440. The van der Waals surface area contributed by atoms with Crippen LogP contribution in [-0.4, -0.2) is 21.1 Å².